The molecule has 0 bridgehead atoms. The molecule has 1 atom stereocenters. The first-order chi connectivity index (χ1) is 5.65. The van der Waals surface area contributed by atoms with Crippen LogP contribution in [0.2, 0.25) is 0 Å². The van der Waals surface area contributed by atoms with E-state index in [0.717, 1.165) is 0 Å². The van der Waals surface area contributed by atoms with Crippen LogP contribution in [0, 0.1) is 17.2 Å². The Morgan fingerprint density at radius 2 is 2.50 bits per heavy atom. The third kappa shape index (κ3) is 1.53. The number of hydrogen-bond donors (Lipinski definition) is 1. The summed E-state index contributed by atoms with van der Waals surface area (Å²) in [5, 5.41) is 16.8. The second-order valence-corrected chi connectivity index (χ2v) is 2.67. The molecule has 1 heterocycles. The summed E-state index contributed by atoms with van der Waals surface area (Å²) in [6.07, 6.45) is 0.0248. The van der Waals surface area contributed by atoms with Gasteiger partial charge in [0.25, 0.3) is 0 Å². The zero-order valence-electron chi connectivity index (χ0n) is 6.36. The highest BCUT2D eigenvalue weighted by Gasteiger charge is 2.33. The van der Waals surface area contributed by atoms with Gasteiger partial charge in [0.05, 0.1) is 12.0 Å². The summed E-state index contributed by atoms with van der Waals surface area (Å²) in [6, 6.07) is 1.81. The molecule has 1 aliphatic rings. The summed E-state index contributed by atoms with van der Waals surface area (Å²) in [5.74, 6) is -1.85. The molecule has 0 saturated carbocycles. The summed E-state index contributed by atoms with van der Waals surface area (Å²) in [7, 11) is 0. The first-order valence-corrected chi connectivity index (χ1v) is 3.52. The number of nitrogens with zero attached hydrogens (tertiary/aromatic N) is 2. The van der Waals surface area contributed by atoms with Crippen molar-refractivity contribution in [1.82, 2.24) is 4.90 Å². The summed E-state index contributed by atoms with van der Waals surface area (Å²) >= 11 is 0. The maximum atomic E-state index is 11.0. The van der Waals surface area contributed by atoms with Gasteiger partial charge in [0, 0.05) is 13.0 Å². The summed E-state index contributed by atoms with van der Waals surface area (Å²) < 4.78 is 0. The van der Waals surface area contributed by atoms with Crippen LogP contribution in [0.3, 0.4) is 0 Å². The van der Waals surface area contributed by atoms with Crippen LogP contribution in [0.25, 0.3) is 0 Å². The molecule has 12 heavy (non-hydrogen) atoms. The second-order valence-electron chi connectivity index (χ2n) is 2.67. The Kier molecular flexibility index (Phi) is 2.29. The molecule has 1 amide bonds. The standard InChI is InChI=1S/C7H8N2O3/c8-1-2-9-4-5(7(11)12)3-6(9)10/h5H,2-4H2,(H,11,12). The largest absolute Gasteiger partial charge is 0.481 e. The molecule has 0 aromatic carbocycles. The molecule has 1 saturated heterocycles. The number of carboxylic acids is 1. The van der Waals surface area contributed by atoms with Gasteiger partial charge in [0.15, 0.2) is 0 Å². The number of carbonyl (C=O) groups is 2. The minimum absolute atomic E-state index is 0.0113. The van der Waals surface area contributed by atoms with E-state index >= 15 is 0 Å². The average Bonchev–Trinajstić information content (AvgIpc) is 2.34. The molecule has 1 unspecified atom stereocenters. The van der Waals surface area contributed by atoms with Crippen molar-refractivity contribution in [3.63, 3.8) is 0 Å². The third-order valence-electron chi connectivity index (χ3n) is 1.83. The van der Waals surface area contributed by atoms with Crippen LogP contribution in [0.15, 0.2) is 0 Å². The number of rotatable bonds is 2. The van der Waals surface area contributed by atoms with E-state index < -0.39 is 11.9 Å². The van der Waals surface area contributed by atoms with Crippen molar-refractivity contribution in [3.05, 3.63) is 0 Å². The van der Waals surface area contributed by atoms with E-state index in [4.69, 9.17) is 10.4 Å². The lowest BCUT2D eigenvalue weighted by molar-refractivity contribution is -0.141. The minimum Gasteiger partial charge on any atom is -0.481 e. The Morgan fingerprint density at radius 1 is 1.83 bits per heavy atom. The highest BCUT2D eigenvalue weighted by molar-refractivity contribution is 5.86. The van der Waals surface area contributed by atoms with Crippen molar-refractivity contribution in [3.8, 4) is 6.07 Å². The van der Waals surface area contributed by atoms with Gasteiger partial charge < -0.3 is 10.0 Å². The molecule has 64 valence electrons. The Bertz CT molecular complexity index is 256. The van der Waals surface area contributed by atoms with Gasteiger partial charge in [-0.1, -0.05) is 0 Å². The monoisotopic (exact) mass is 168 g/mol. The van der Waals surface area contributed by atoms with Gasteiger partial charge in [-0.05, 0) is 0 Å². The number of amides is 1. The third-order valence-corrected chi connectivity index (χ3v) is 1.83. The van der Waals surface area contributed by atoms with Gasteiger partial charge in [-0.15, -0.1) is 0 Å². The van der Waals surface area contributed by atoms with Crippen molar-refractivity contribution in [2.24, 2.45) is 5.92 Å². The lowest BCUT2D eigenvalue weighted by Gasteiger charge is -2.09. The van der Waals surface area contributed by atoms with E-state index in [2.05, 4.69) is 0 Å². The molecule has 5 heteroatoms. The summed E-state index contributed by atoms with van der Waals surface area (Å²) in [6.45, 7) is 0.157. The smallest absolute Gasteiger partial charge is 0.308 e. The number of carbonyl (C=O) groups excluding carboxylic acids is 1. The van der Waals surface area contributed by atoms with Gasteiger partial charge in [-0.25, -0.2) is 0 Å². The molecular weight excluding hydrogens is 160 g/mol. The van der Waals surface area contributed by atoms with Gasteiger partial charge in [0.1, 0.15) is 6.54 Å². The van der Waals surface area contributed by atoms with Gasteiger partial charge in [-0.3, -0.25) is 9.59 Å². The fraction of sp³-hybridized carbons (Fsp3) is 0.571. The fourth-order valence-electron chi connectivity index (χ4n) is 1.18. The predicted octanol–water partition coefficient (Wildman–Crippen LogP) is -0.557. The van der Waals surface area contributed by atoms with E-state index in [9.17, 15) is 9.59 Å². The second kappa shape index (κ2) is 3.22. The van der Waals surface area contributed by atoms with Crippen molar-refractivity contribution >= 4 is 11.9 Å². The van der Waals surface area contributed by atoms with Crippen molar-refractivity contribution in [2.75, 3.05) is 13.1 Å². The molecule has 0 aliphatic carbocycles. The van der Waals surface area contributed by atoms with Crippen LogP contribution < -0.4 is 0 Å². The highest BCUT2D eigenvalue weighted by Crippen LogP contribution is 2.16. The quantitative estimate of drug-likeness (QED) is 0.560. The topological polar surface area (TPSA) is 81.4 Å². The fourth-order valence-corrected chi connectivity index (χ4v) is 1.18. The molecule has 0 radical (unpaired) electrons. The van der Waals surface area contributed by atoms with Crippen LogP contribution >= 0.6 is 0 Å². The molecule has 1 aliphatic heterocycles. The Hall–Kier alpha value is -1.57. The Morgan fingerprint density at radius 3 is 2.92 bits per heavy atom. The first kappa shape index (κ1) is 8.53. The first-order valence-electron chi connectivity index (χ1n) is 3.52. The molecule has 0 aromatic heterocycles. The number of aliphatic carboxylic acids is 1. The number of likely N-dealkylation sites (tertiary alicyclic amines) is 1. The molecule has 0 aromatic rings. The number of carboxylic acid groups (broad SMARTS) is 1. The van der Waals surface area contributed by atoms with E-state index in [1.807, 2.05) is 6.07 Å². The molecule has 1 fully saturated rings. The summed E-state index contributed by atoms with van der Waals surface area (Å²) in [4.78, 5) is 22.7. The SMILES string of the molecule is N#CCN1CC(C(=O)O)CC1=O. The highest BCUT2D eigenvalue weighted by atomic mass is 16.4. The minimum atomic E-state index is -0.969. The van der Waals surface area contributed by atoms with Gasteiger partial charge in [0.2, 0.25) is 5.91 Å². The van der Waals surface area contributed by atoms with Crippen LogP contribution in [0.4, 0.5) is 0 Å². The Balaban J connectivity index is 2.57. The van der Waals surface area contributed by atoms with Crippen molar-refractivity contribution < 1.29 is 14.7 Å². The maximum Gasteiger partial charge on any atom is 0.308 e. The zero-order valence-corrected chi connectivity index (χ0v) is 6.36. The number of nitriles is 1. The molecule has 0 spiro atoms. The van der Waals surface area contributed by atoms with Crippen LogP contribution in [-0.4, -0.2) is 35.0 Å². The van der Waals surface area contributed by atoms with Crippen LogP contribution in [-0.2, 0) is 9.59 Å². The lowest BCUT2D eigenvalue weighted by Crippen LogP contribution is -2.26. The van der Waals surface area contributed by atoms with Crippen molar-refractivity contribution in [1.29, 1.82) is 5.26 Å². The van der Waals surface area contributed by atoms with Crippen LogP contribution in [0.1, 0.15) is 6.42 Å². The van der Waals surface area contributed by atoms with Crippen molar-refractivity contribution in [2.45, 2.75) is 6.42 Å². The van der Waals surface area contributed by atoms with Gasteiger partial charge >= 0.3 is 5.97 Å². The van der Waals surface area contributed by atoms with E-state index in [-0.39, 0.29) is 25.4 Å². The molecule has 1 rings (SSSR count). The average molecular weight is 168 g/mol. The van der Waals surface area contributed by atoms with E-state index in [1.54, 1.807) is 0 Å². The zero-order chi connectivity index (χ0) is 9.14. The molecule has 5 nitrogen and oxygen atoms in total. The maximum absolute atomic E-state index is 11.0. The number of hydrogen-bond acceptors (Lipinski definition) is 3. The van der Waals surface area contributed by atoms with E-state index in [1.165, 1.54) is 4.90 Å². The molecule has 1 N–H and O–H groups in total. The normalized spacial score (nSPS) is 22.4. The van der Waals surface area contributed by atoms with Crippen LogP contribution in [0.5, 0.6) is 0 Å². The predicted molar refractivity (Wildman–Crippen MR) is 37.9 cm³/mol. The summed E-state index contributed by atoms with van der Waals surface area (Å²) in [5.41, 5.74) is 0. The lowest BCUT2D eigenvalue weighted by atomic mass is 10.1. The molecular formula is C7H8N2O3. The van der Waals surface area contributed by atoms with E-state index in [0.29, 0.717) is 0 Å². The Labute approximate surface area is 69.2 Å². The van der Waals surface area contributed by atoms with Gasteiger partial charge in [-0.2, -0.15) is 5.26 Å².